The molecule has 3 heteroatoms. The van der Waals surface area contributed by atoms with Gasteiger partial charge in [0.1, 0.15) is 0 Å². The first-order chi connectivity index (χ1) is 7.31. The second kappa shape index (κ2) is 6.88. The van der Waals surface area contributed by atoms with Crippen LogP contribution in [-0.4, -0.2) is 31.1 Å². The highest BCUT2D eigenvalue weighted by atomic mass is 32.2. The Labute approximate surface area is 96.1 Å². The number of thioether (sulfide) groups is 1. The van der Waals surface area contributed by atoms with Crippen molar-refractivity contribution in [1.29, 1.82) is 0 Å². The van der Waals surface area contributed by atoms with Crippen LogP contribution in [0.25, 0.3) is 0 Å². The summed E-state index contributed by atoms with van der Waals surface area (Å²) in [4.78, 5) is 1.29. The number of likely N-dealkylation sites (N-methyl/N-ethyl adjacent to an activating group) is 1. The number of hydrogen-bond donors (Lipinski definition) is 2. The van der Waals surface area contributed by atoms with E-state index in [1.807, 2.05) is 18.8 Å². The number of nitrogens with one attached hydrogen (secondary N) is 1. The molecule has 1 aromatic rings. The van der Waals surface area contributed by atoms with E-state index < -0.39 is 0 Å². The molecule has 1 unspecified atom stereocenters. The zero-order chi connectivity index (χ0) is 11.1. The summed E-state index contributed by atoms with van der Waals surface area (Å²) in [5, 5.41) is 12.3. The molecule has 0 aromatic heterocycles. The molecule has 1 rings (SSSR count). The quantitative estimate of drug-likeness (QED) is 0.727. The van der Waals surface area contributed by atoms with Gasteiger partial charge in [0.15, 0.2) is 0 Å². The molecule has 0 bridgehead atoms. The smallest absolute Gasteiger partial charge is 0.0511 e. The maximum atomic E-state index is 9.24. The number of aliphatic hydroxyl groups excluding tert-OH is 1. The van der Waals surface area contributed by atoms with Gasteiger partial charge in [-0.15, -0.1) is 11.8 Å². The summed E-state index contributed by atoms with van der Waals surface area (Å²) in [6.07, 6.45) is 0. The first-order valence-electron chi connectivity index (χ1n) is 5.30. The van der Waals surface area contributed by atoms with E-state index in [2.05, 4.69) is 36.5 Å². The molecule has 2 N–H and O–H groups in total. The van der Waals surface area contributed by atoms with Gasteiger partial charge < -0.3 is 10.4 Å². The minimum atomic E-state index is 0.196. The third-order valence-corrected chi connectivity index (χ3v) is 3.23. The van der Waals surface area contributed by atoms with Crippen molar-refractivity contribution in [2.24, 2.45) is 0 Å². The van der Waals surface area contributed by atoms with Crippen LogP contribution in [0.4, 0.5) is 0 Å². The molecule has 0 saturated carbocycles. The van der Waals surface area contributed by atoms with E-state index in [0.29, 0.717) is 0 Å². The molecule has 0 fully saturated rings. The normalized spacial score (nSPS) is 12.7. The molecule has 0 heterocycles. The largest absolute Gasteiger partial charge is 0.396 e. The number of rotatable bonds is 6. The summed E-state index contributed by atoms with van der Waals surface area (Å²) in [6, 6.07) is 8.47. The van der Waals surface area contributed by atoms with Gasteiger partial charge in [0.05, 0.1) is 6.61 Å². The predicted octanol–water partition coefficient (Wildman–Crippen LogP) is 2.09. The van der Waals surface area contributed by atoms with Gasteiger partial charge >= 0.3 is 0 Å². The maximum absolute atomic E-state index is 9.24. The van der Waals surface area contributed by atoms with E-state index >= 15 is 0 Å². The van der Waals surface area contributed by atoms with Gasteiger partial charge in [-0.3, -0.25) is 0 Å². The average Bonchev–Trinajstić information content (AvgIpc) is 2.28. The van der Waals surface area contributed by atoms with Crippen molar-refractivity contribution >= 4 is 11.8 Å². The molecule has 1 aromatic carbocycles. The Morgan fingerprint density at radius 3 is 2.47 bits per heavy atom. The lowest BCUT2D eigenvalue weighted by Gasteiger charge is -2.14. The molecule has 0 spiro atoms. The van der Waals surface area contributed by atoms with E-state index in [1.165, 1.54) is 10.5 Å². The van der Waals surface area contributed by atoms with Crippen LogP contribution in [0.2, 0.25) is 0 Å². The zero-order valence-electron chi connectivity index (χ0n) is 9.36. The summed E-state index contributed by atoms with van der Waals surface area (Å²) in [5.74, 6) is 1.30. The number of aliphatic hydroxyl groups is 1. The molecule has 15 heavy (non-hydrogen) atoms. The highest BCUT2D eigenvalue weighted by Crippen LogP contribution is 2.21. The topological polar surface area (TPSA) is 32.3 Å². The molecule has 2 nitrogen and oxygen atoms in total. The Balaban J connectivity index is 2.68. The fourth-order valence-corrected chi connectivity index (χ4v) is 2.20. The Bertz CT molecular complexity index is 273. The van der Waals surface area contributed by atoms with Crippen LogP contribution in [0.5, 0.6) is 0 Å². The summed E-state index contributed by atoms with van der Waals surface area (Å²) < 4.78 is 0. The van der Waals surface area contributed by atoms with Crippen LogP contribution in [0.15, 0.2) is 29.2 Å². The minimum absolute atomic E-state index is 0.196. The highest BCUT2D eigenvalue weighted by Gasteiger charge is 2.08. The summed E-state index contributed by atoms with van der Waals surface area (Å²) in [5.41, 5.74) is 1.20. The Hall–Kier alpha value is -0.510. The van der Waals surface area contributed by atoms with Crippen LogP contribution in [0.3, 0.4) is 0 Å². The molecule has 0 saturated heterocycles. The van der Waals surface area contributed by atoms with Crippen molar-refractivity contribution in [1.82, 2.24) is 5.32 Å². The highest BCUT2D eigenvalue weighted by molar-refractivity contribution is 7.99. The first kappa shape index (κ1) is 12.6. The first-order valence-corrected chi connectivity index (χ1v) is 6.28. The summed E-state index contributed by atoms with van der Waals surface area (Å²) >= 11 is 1.84. The van der Waals surface area contributed by atoms with Crippen molar-refractivity contribution < 1.29 is 5.11 Å². The summed E-state index contributed by atoms with van der Waals surface area (Å²) in [7, 11) is 1.91. The van der Waals surface area contributed by atoms with Crippen molar-refractivity contribution in [3.63, 3.8) is 0 Å². The van der Waals surface area contributed by atoms with Gasteiger partial charge in [0, 0.05) is 17.4 Å². The van der Waals surface area contributed by atoms with Gasteiger partial charge in [0.25, 0.3) is 0 Å². The van der Waals surface area contributed by atoms with Crippen molar-refractivity contribution in [2.45, 2.75) is 17.7 Å². The minimum Gasteiger partial charge on any atom is -0.396 e. The maximum Gasteiger partial charge on any atom is 0.0511 e. The molecule has 0 amide bonds. The van der Waals surface area contributed by atoms with Crippen LogP contribution < -0.4 is 5.32 Å². The predicted molar refractivity (Wildman–Crippen MR) is 66.6 cm³/mol. The average molecular weight is 225 g/mol. The summed E-state index contributed by atoms with van der Waals surface area (Å²) in [6.45, 7) is 3.16. The lowest BCUT2D eigenvalue weighted by molar-refractivity contribution is 0.263. The van der Waals surface area contributed by atoms with Crippen molar-refractivity contribution in [3.05, 3.63) is 29.8 Å². The van der Waals surface area contributed by atoms with Gasteiger partial charge in [-0.2, -0.15) is 0 Å². The molecule has 0 aliphatic heterocycles. The van der Waals surface area contributed by atoms with E-state index in [1.54, 1.807) is 0 Å². The van der Waals surface area contributed by atoms with Crippen LogP contribution in [0, 0.1) is 0 Å². The molecule has 0 aliphatic rings. The van der Waals surface area contributed by atoms with E-state index in [0.717, 1.165) is 12.3 Å². The van der Waals surface area contributed by atoms with E-state index in [-0.39, 0.29) is 12.5 Å². The van der Waals surface area contributed by atoms with Crippen molar-refractivity contribution in [2.75, 3.05) is 26.0 Å². The number of benzene rings is 1. The molecule has 1 atom stereocenters. The standard InChI is InChI=1S/C12H19NOS/c1-3-15-12-6-4-10(5-7-12)11(9-14)8-13-2/h4-7,11,13-14H,3,8-9H2,1-2H3. The molecular formula is C12H19NOS. The van der Waals surface area contributed by atoms with Gasteiger partial charge in [-0.25, -0.2) is 0 Å². The molecular weight excluding hydrogens is 206 g/mol. The lowest BCUT2D eigenvalue weighted by Crippen LogP contribution is -2.19. The van der Waals surface area contributed by atoms with Gasteiger partial charge in [-0.1, -0.05) is 19.1 Å². The zero-order valence-corrected chi connectivity index (χ0v) is 10.2. The fourth-order valence-electron chi connectivity index (χ4n) is 1.54. The Morgan fingerprint density at radius 1 is 1.33 bits per heavy atom. The van der Waals surface area contributed by atoms with Crippen molar-refractivity contribution in [3.8, 4) is 0 Å². The van der Waals surface area contributed by atoms with Crippen LogP contribution in [0.1, 0.15) is 18.4 Å². The second-order valence-corrected chi connectivity index (χ2v) is 4.78. The molecule has 0 radical (unpaired) electrons. The fraction of sp³-hybridized carbons (Fsp3) is 0.500. The monoisotopic (exact) mass is 225 g/mol. The SMILES string of the molecule is CCSc1ccc(C(CO)CNC)cc1. The molecule has 0 aliphatic carbocycles. The third kappa shape index (κ3) is 3.86. The molecule has 84 valence electrons. The van der Waals surface area contributed by atoms with Crippen LogP contribution >= 0.6 is 11.8 Å². The van der Waals surface area contributed by atoms with Crippen LogP contribution in [-0.2, 0) is 0 Å². The Morgan fingerprint density at radius 2 is 2.00 bits per heavy atom. The van der Waals surface area contributed by atoms with E-state index in [4.69, 9.17) is 0 Å². The second-order valence-electron chi connectivity index (χ2n) is 3.44. The lowest BCUT2D eigenvalue weighted by atomic mass is 10.0. The van der Waals surface area contributed by atoms with E-state index in [9.17, 15) is 5.11 Å². The van der Waals surface area contributed by atoms with Gasteiger partial charge in [-0.05, 0) is 30.5 Å². The Kier molecular flexibility index (Phi) is 5.76. The number of hydrogen-bond acceptors (Lipinski definition) is 3. The van der Waals surface area contributed by atoms with Gasteiger partial charge in [0.2, 0.25) is 0 Å². The third-order valence-electron chi connectivity index (χ3n) is 2.33.